The Hall–Kier alpha value is -1.86. The molecule has 1 aliphatic rings. The molecule has 0 aromatic heterocycles. The van der Waals surface area contributed by atoms with Gasteiger partial charge >= 0.3 is 0 Å². The number of sulfone groups is 1. The fraction of sp³-hybridized carbons (Fsp3) is 0.444. The molecule has 1 fully saturated rings. The summed E-state index contributed by atoms with van der Waals surface area (Å²) in [5.74, 6) is -0.965. The molecule has 1 aromatic rings. The van der Waals surface area contributed by atoms with Crippen LogP contribution in [-0.4, -0.2) is 48.7 Å². The number of halogens is 1. The fourth-order valence-corrected chi connectivity index (χ4v) is 5.43. The average Bonchev–Trinajstić information content (AvgIpc) is 2.82. The monoisotopic (exact) mass is 398 g/mol. The van der Waals surface area contributed by atoms with Crippen molar-refractivity contribution in [2.45, 2.75) is 32.2 Å². The van der Waals surface area contributed by atoms with Crippen molar-refractivity contribution in [3.05, 3.63) is 41.4 Å². The van der Waals surface area contributed by atoms with Crippen LogP contribution >= 0.6 is 11.6 Å². The van der Waals surface area contributed by atoms with Crippen molar-refractivity contribution in [1.29, 1.82) is 0 Å². The van der Waals surface area contributed by atoms with Crippen LogP contribution in [0.5, 0.6) is 0 Å². The number of aryl methyl sites for hydroxylation is 1. The second-order valence-electron chi connectivity index (χ2n) is 6.82. The number of nitrogens with one attached hydrogen (secondary N) is 1. The van der Waals surface area contributed by atoms with E-state index in [2.05, 4.69) is 11.9 Å². The normalized spacial score (nSPS) is 21.2. The van der Waals surface area contributed by atoms with E-state index < -0.39 is 27.2 Å². The minimum atomic E-state index is -3.18. The molecule has 2 rings (SSSR count). The maximum absolute atomic E-state index is 12.7. The van der Waals surface area contributed by atoms with E-state index in [0.29, 0.717) is 17.1 Å². The highest BCUT2D eigenvalue weighted by molar-refractivity contribution is 7.91. The smallest absolute Gasteiger partial charge is 0.233 e. The molecule has 1 aromatic carbocycles. The van der Waals surface area contributed by atoms with E-state index in [1.165, 1.54) is 11.0 Å². The van der Waals surface area contributed by atoms with Gasteiger partial charge in [0.2, 0.25) is 11.8 Å². The van der Waals surface area contributed by atoms with Gasteiger partial charge in [-0.2, -0.15) is 0 Å². The third-order valence-electron chi connectivity index (χ3n) is 4.53. The minimum Gasteiger partial charge on any atom is -0.332 e. The highest BCUT2D eigenvalue weighted by Gasteiger charge is 2.44. The molecular weight excluding hydrogens is 376 g/mol. The zero-order valence-corrected chi connectivity index (χ0v) is 16.5. The molecule has 1 heterocycles. The molecule has 142 valence electrons. The number of nitrogens with zero attached hydrogens (tertiary/aromatic N) is 1. The Balaban J connectivity index is 2.11. The van der Waals surface area contributed by atoms with Crippen molar-refractivity contribution in [1.82, 2.24) is 4.90 Å². The summed E-state index contributed by atoms with van der Waals surface area (Å²) in [6.45, 7) is 7.38. The van der Waals surface area contributed by atoms with Gasteiger partial charge in [-0.25, -0.2) is 8.42 Å². The molecular formula is C18H23ClN2O4S. The first-order chi connectivity index (χ1) is 12.1. The maximum atomic E-state index is 12.7. The van der Waals surface area contributed by atoms with Crippen LogP contribution < -0.4 is 5.32 Å². The summed E-state index contributed by atoms with van der Waals surface area (Å²) in [5.41, 5.74) is 0.545. The Bertz CT molecular complexity index is 838. The van der Waals surface area contributed by atoms with Crippen molar-refractivity contribution >= 4 is 38.9 Å². The average molecular weight is 399 g/mol. The molecule has 2 amide bonds. The fourth-order valence-electron chi connectivity index (χ4n) is 3.11. The first-order valence-corrected chi connectivity index (χ1v) is 10.4. The molecule has 0 saturated carbocycles. The number of carbonyl (C=O) groups is 2. The predicted molar refractivity (Wildman–Crippen MR) is 103 cm³/mol. The lowest BCUT2D eigenvalue weighted by Crippen LogP contribution is -2.51. The molecule has 0 radical (unpaired) electrons. The zero-order chi connectivity index (χ0) is 19.5. The van der Waals surface area contributed by atoms with Gasteiger partial charge in [0.25, 0.3) is 0 Å². The summed E-state index contributed by atoms with van der Waals surface area (Å²) in [5, 5.41) is 3.16. The third-order valence-corrected chi connectivity index (χ3v) is 6.66. The van der Waals surface area contributed by atoms with E-state index in [0.717, 1.165) is 5.56 Å². The van der Waals surface area contributed by atoms with Crippen molar-refractivity contribution in [3.8, 4) is 0 Å². The highest BCUT2D eigenvalue weighted by atomic mass is 35.5. The van der Waals surface area contributed by atoms with Crippen molar-refractivity contribution in [2.24, 2.45) is 0 Å². The second-order valence-corrected chi connectivity index (χ2v) is 9.44. The summed E-state index contributed by atoms with van der Waals surface area (Å²) in [4.78, 5) is 26.4. The number of rotatable bonds is 6. The van der Waals surface area contributed by atoms with Crippen LogP contribution in [-0.2, 0) is 19.4 Å². The summed E-state index contributed by atoms with van der Waals surface area (Å²) in [6, 6.07) is 5.10. The molecule has 0 aliphatic carbocycles. The van der Waals surface area contributed by atoms with Crippen LogP contribution in [0.15, 0.2) is 30.9 Å². The van der Waals surface area contributed by atoms with E-state index in [1.54, 1.807) is 25.1 Å². The van der Waals surface area contributed by atoms with Crippen LogP contribution in [0.25, 0.3) is 0 Å². The van der Waals surface area contributed by atoms with E-state index >= 15 is 0 Å². The Morgan fingerprint density at radius 2 is 2.12 bits per heavy atom. The molecule has 1 atom stereocenters. The Kier molecular flexibility index (Phi) is 6.13. The van der Waals surface area contributed by atoms with Crippen LogP contribution in [0.1, 0.15) is 25.3 Å². The molecule has 0 bridgehead atoms. The molecule has 1 N–H and O–H groups in total. The van der Waals surface area contributed by atoms with Crippen LogP contribution in [0, 0.1) is 6.92 Å². The lowest BCUT2D eigenvalue weighted by atomic mass is 9.98. The molecule has 26 heavy (non-hydrogen) atoms. The van der Waals surface area contributed by atoms with Gasteiger partial charge in [0, 0.05) is 17.3 Å². The number of benzene rings is 1. The number of anilines is 1. The van der Waals surface area contributed by atoms with Crippen LogP contribution in [0.3, 0.4) is 0 Å². The van der Waals surface area contributed by atoms with E-state index in [-0.39, 0.29) is 24.5 Å². The minimum absolute atomic E-state index is 0.0400. The van der Waals surface area contributed by atoms with Gasteiger partial charge in [0.15, 0.2) is 9.84 Å². The Labute approximate surface area is 159 Å². The van der Waals surface area contributed by atoms with Crippen LogP contribution in [0.2, 0.25) is 5.02 Å². The number of hydrogen-bond donors (Lipinski definition) is 1. The van der Waals surface area contributed by atoms with Gasteiger partial charge in [-0.05, 0) is 38.0 Å². The lowest BCUT2D eigenvalue weighted by Gasteiger charge is -2.37. The van der Waals surface area contributed by atoms with Gasteiger partial charge in [-0.1, -0.05) is 23.7 Å². The van der Waals surface area contributed by atoms with Crippen LogP contribution in [0.4, 0.5) is 5.69 Å². The summed E-state index contributed by atoms with van der Waals surface area (Å²) in [7, 11) is -3.18. The standard InChI is InChI=1S/C18H23ClN2O4S/c1-4-8-21(18(3)7-9-26(24,25)12-18)17(23)11-16(22)20-15-10-14(19)6-5-13(15)2/h4-6,10H,1,7-9,11-12H2,2-3H3,(H,20,22)/t18-/m0/s1. The zero-order valence-electron chi connectivity index (χ0n) is 14.9. The number of hydrogen-bond acceptors (Lipinski definition) is 4. The van der Waals surface area contributed by atoms with Gasteiger partial charge in [0.1, 0.15) is 6.42 Å². The Morgan fingerprint density at radius 3 is 2.69 bits per heavy atom. The van der Waals surface area contributed by atoms with Gasteiger partial charge < -0.3 is 10.2 Å². The third kappa shape index (κ3) is 4.86. The molecule has 1 saturated heterocycles. The molecule has 1 aliphatic heterocycles. The van der Waals surface area contributed by atoms with E-state index in [9.17, 15) is 18.0 Å². The quantitative estimate of drug-likeness (QED) is 0.589. The lowest BCUT2D eigenvalue weighted by molar-refractivity contribution is -0.138. The van der Waals surface area contributed by atoms with E-state index in [4.69, 9.17) is 11.6 Å². The van der Waals surface area contributed by atoms with Crippen molar-refractivity contribution in [3.63, 3.8) is 0 Å². The summed E-state index contributed by atoms with van der Waals surface area (Å²) >= 11 is 5.93. The topological polar surface area (TPSA) is 83.6 Å². The molecule has 0 spiro atoms. The molecule has 8 heteroatoms. The second kappa shape index (κ2) is 7.80. The maximum Gasteiger partial charge on any atom is 0.233 e. The molecule has 0 unspecified atom stereocenters. The first-order valence-electron chi connectivity index (χ1n) is 8.24. The number of carbonyl (C=O) groups excluding carboxylic acids is 2. The Morgan fingerprint density at radius 1 is 1.42 bits per heavy atom. The molecule has 6 nitrogen and oxygen atoms in total. The van der Waals surface area contributed by atoms with Crippen molar-refractivity contribution in [2.75, 3.05) is 23.4 Å². The predicted octanol–water partition coefficient (Wildman–Crippen LogP) is 2.57. The van der Waals surface area contributed by atoms with E-state index in [1.807, 2.05) is 6.92 Å². The van der Waals surface area contributed by atoms with Crippen molar-refractivity contribution < 1.29 is 18.0 Å². The summed E-state index contributed by atoms with van der Waals surface area (Å²) < 4.78 is 23.7. The van der Waals surface area contributed by atoms with Gasteiger partial charge in [0.05, 0.1) is 17.0 Å². The van der Waals surface area contributed by atoms with Gasteiger partial charge in [-0.3, -0.25) is 9.59 Å². The highest BCUT2D eigenvalue weighted by Crippen LogP contribution is 2.30. The van der Waals surface area contributed by atoms with Gasteiger partial charge in [-0.15, -0.1) is 6.58 Å². The first kappa shape index (κ1) is 20.5. The largest absolute Gasteiger partial charge is 0.332 e. The SMILES string of the molecule is C=CCN(C(=O)CC(=O)Nc1cc(Cl)ccc1C)[C@@]1(C)CCS(=O)(=O)C1. The summed E-state index contributed by atoms with van der Waals surface area (Å²) in [6.07, 6.45) is 1.51. The number of amides is 2.